The van der Waals surface area contributed by atoms with Gasteiger partial charge >= 0.3 is 26.2 Å². The van der Waals surface area contributed by atoms with E-state index in [0.29, 0.717) is 5.71 Å². The quantitative estimate of drug-likeness (QED) is 0.592. The van der Waals surface area contributed by atoms with E-state index in [1.54, 1.807) is 0 Å². The zero-order chi connectivity index (χ0) is 10.4. The predicted molar refractivity (Wildman–Crippen MR) is 61.2 cm³/mol. The van der Waals surface area contributed by atoms with Crippen LogP contribution in [-0.2, 0) is 26.2 Å². The molecule has 0 bridgehead atoms. The molecular formula is C13H15NZr. The Bertz CT molecular complexity index is 328. The van der Waals surface area contributed by atoms with E-state index in [2.05, 4.69) is 6.08 Å². The monoisotopic (exact) mass is 275 g/mol. The molecule has 0 fully saturated rings. The fourth-order valence-corrected chi connectivity index (χ4v) is 1.36. The first-order chi connectivity index (χ1) is 6.79. The Balaban J connectivity index is 0.00000196. The van der Waals surface area contributed by atoms with Crippen molar-refractivity contribution >= 4 is 5.71 Å². The summed E-state index contributed by atoms with van der Waals surface area (Å²) in [6, 6.07) is 9.59. The summed E-state index contributed by atoms with van der Waals surface area (Å²) in [5, 5.41) is 9.93. The van der Waals surface area contributed by atoms with Crippen molar-refractivity contribution in [2.45, 2.75) is 26.7 Å². The summed E-state index contributed by atoms with van der Waals surface area (Å²) in [5.74, 6) is 0. The van der Waals surface area contributed by atoms with Crippen LogP contribution in [0.5, 0.6) is 0 Å². The number of allylic oxidation sites excluding steroid dienone is 2. The number of hydrogen-bond donors (Lipinski definition) is 0. The molecule has 0 aliphatic carbocycles. The Kier molecular flexibility index (Phi) is 7.51. The third kappa shape index (κ3) is 4.26. The Morgan fingerprint density at radius 1 is 1.20 bits per heavy atom. The molecule has 0 heterocycles. The zero-order valence-electron chi connectivity index (χ0n) is 9.25. The molecule has 0 radical (unpaired) electrons. The molecule has 0 aliphatic heterocycles. The number of nitrogens with zero attached hydrogens (tertiary/aromatic N) is 1. The van der Waals surface area contributed by atoms with Crippen LogP contribution in [0.1, 0.15) is 32.3 Å². The molecule has 0 aliphatic rings. The van der Waals surface area contributed by atoms with E-state index in [4.69, 9.17) is 0 Å². The molecule has 0 aromatic heterocycles. The van der Waals surface area contributed by atoms with Crippen molar-refractivity contribution in [1.29, 1.82) is 0 Å². The van der Waals surface area contributed by atoms with E-state index >= 15 is 0 Å². The second-order valence-electron chi connectivity index (χ2n) is 3.08. The van der Waals surface area contributed by atoms with E-state index in [9.17, 15) is 5.41 Å². The van der Waals surface area contributed by atoms with Gasteiger partial charge in [0.25, 0.3) is 0 Å². The van der Waals surface area contributed by atoms with Gasteiger partial charge in [-0.2, -0.15) is 0 Å². The summed E-state index contributed by atoms with van der Waals surface area (Å²) in [4.78, 5) is 0. The largest absolute Gasteiger partial charge is 2.00 e. The van der Waals surface area contributed by atoms with Gasteiger partial charge in [-0.3, -0.25) is 6.08 Å². The van der Waals surface area contributed by atoms with E-state index in [1.165, 1.54) is 0 Å². The molecule has 0 unspecified atom stereocenters. The van der Waals surface area contributed by atoms with Gasteiger partial charge in [0.05, 0.1) is 0 Å². The van der Waals surface area contributed by atoms with E-state index < -0.39 is 0 Å². The summed E-state index contributed by atoms with van der Waals surface area (Å²) in [5.41, 5.74) is 2.12. The van der Waals surface area contributed by atoms with Gasteiger partial charge in [-0.1, -0.05) is 50.6 Å². The van der Waals surface area contributed by atoms with E-state index in [0.717, 1.165) is 24.0 Å². The predicted octanol–water partition coefficient (Wildman–Crippen LogP) is 3.59. The summed E-state index contributed by atoms with van der Waals surface area (Å²) in [7, 11) is 0. The minimum absolute atomic E-state index is 0. The van der Waals surface area contributed by atoms with E-state index in [1.807, 2.05) is 44.2 Å². The molecule has 1 aromatic rings. The Morgan fingerprint density at radius 3 is 2.27 bits per heavy atom. The van der Waals surface area contributed by atoms with Gasteiger partial charge in [0.2, 0.25) is 0 Å². The van der Waals surface area contributed by atoms with Gasteiger partial charge in [0.15, 0.2) is 0 Å². The summed E-state index contributed by atoms with van der Waals surface area (Å²) < 4.78 is 0. The third-order valence-electron chi connectivity index (χ3n) is 2.08. The maximum Gasteiger partial charge on any atom is 2.00 e. The third-order valence-corrected chi connectivity index (χ3v) is 2.08. The van der Waals surface area contributed by atoms with Crippen molar-refractivity contribution in [1.82, 2.24) is 0 Å². The molecule has 0 N–H and O–H groups in total. The van der Waals surface area contributed by atoms with Gasteiger partial charge in [0.1, 0.15) is 0 Å². The second-order valence-corrected chi connectivity index (χ2v) is 3.08. The van der Waals surface area contributed by atoms with Crippen LogP contribution < -0.4 is 0 Å². The van der Waals surface area contributed by atoms with Gasteiger partial charge in [-0.25, -0.2) is 5.57 Å². The first-order valence-electron chi connectivity index (χ1n) is 5.01. The molecule has 1 aromatic carbocycles. The Morgan fingerprint density at radius 2 is 1.80 bits per heavy atom. The first kappa shape index (κ1) is 14.5. The van der Waals surface area contributed by atoms with Crippen LogP contribution >= 0.6 is 0 Å². The van der Waals surface area contributed by atoms with Gasteiger partial charge < -0.3 is 11.1 Å². The maximum absolute atomic E-state index is 9.93. The molecule has 0 amide bonds. The molecule has 1 nitrogen and oxygen atoms in total. The van der Waals surface area contributed by atoms with Gasteiger partial charge in [-0.15, -0.1) is 12.0 Å². The standard InChI is InChI=1S/C13H15N.Zr/c1-3-8-11(4-2)13(14)12-9-6-5-7-10-12;/h5-7,9-10H,3-4H2,1-2H3;/q-2;+2. The van der Waals surface area contributed by atoms with Crippen LogP contribution in [0.2, 0.25) is 0 Å². The summed E-state index contributed by atoms with van der Waals surface area (Å²) >= 11 is 0. The normalized spacial score (nSPS) is 10.7. The van der Waals surface area contributed by atoms with Crippen molar-refractivity contribution in [3.8, 4) is 0 Å². The van der Waals surface area contributed by atoms with Crippen molar-refractivity contribution in [3.63, 3.8) is 0 Å². The average Bonchev–Trinajstić information content (AvgIpc) is 2.26. The number of hydrogen-bond acceptors (Lipinski definition) is 0. The molecule has 0 spiro atoms. The average molecular weight is 276 g/mol. The van der Waals surface area contributed by atoms with Crippen molar-refractivity contribution < 1.29 is 26.2 Å². The second kappa shape index (κ2) is 7.76. The summed E-state index contributed by atoms with van der Waals surface area (Å²) in [6.45, 7) is 4.05. The molecule has 0 saturated carbocycles. The molecule has 1 rings (SSSR count). The van der Waals surface area contributed by atoms with Crippen molar-refractivity contribution in [2.24, 2.45) is 0 Å². The van der Waals surface area contributed by atoms with Crippen LogP contribution in [0, 0.1) is 6.08 Å². The number of rotatable bonds is 4. The maximum atomic E-state index is 9.93. The molecule has 15 heavy (non-hydrogen) atoms. The molecule has 0 saturated heterocycles. The van der Waals surface area contributed by atoms with Crippen LogP contribution in [0.25, 0.3) is 5.41 Å². The van der Waals surface area contributed by atoms with Gasteiger partial charge in [0, 0.05) is 0 Å². The summed E-state index contributed by atoms with van der Waals surface area (Å²) in [6.07, 6.45) is 4.81. The van der Waals surface area contributed by atoms with Crippen molar-refractivity contribution in [2.75, 3.05) is 0 Å². The first-order valence-corrected chi connectivity index (χ1v) is 5.01. The molecular weight excluding hydrogens is 261 g/mol. The minimum atomic E-state index is 0. The topological polar surface area (TPSA) is 22.3 Å². The molecule has 0 atom stereocenters. The SMILES string of the molecule is CC[C-]=C(CC)C(=[N-])c1ccccc1.[Zr+2]. The van der Waals surface area contributed by atoms with Crippen molar-refractivity contribution in [3.05, 3.63) is 53.0 Å². The Labute approximate surface area is 111 Å². The fourth-order valence-electron chi connectivity index (χ4n) is 1.36. The molecule has 76 valence electrons. The number of benzene rings is 1. The molecule has 2 heteroatoms. The van der Waals surface area contributed by atoms with Gasteiger partial charge in [-0.05, 0) is 0 Å². The van der Waals surface area contributed by atoms with Crippen LogP contribution in [0.4, 0.5) is 0 Å². The minimum Gasteiger partial charge on any atom is -0.904 e. The van der Waals surface area contributed by atoms with Crippen LogP contribution in [0.3, 0.4) is 0 Å². The Hall–Kier alpha value is -0.487. The smallest absolute Gasteiger partial charge is 0.904 e. The van der Waals surface area contributed by atoms with Crippen LogP contribution in [0.15, 0.2) is 35.9 Å². The van der Waals surface area contributed by atoms with E-state index in [-0.39, 0.29) is 26.2 Å². The van der Waals surface area contributed by atoms with Crippen LogP contribution in [-0.4, -0.2) is 5.71 Å². The fraction of sp³-hybridized carbons (Fsp3) is 0.308. The zero-order valence-corrected chi connectivity index (χ0v) is 11.7.